The molecule has 106 valence electrons. The molecular formula is C14H21NO3S. The van der Waals surface area contributed by atoms with Gasteiger partial charge in [-0.1, -0.05) is 25.1 Å². The molecule has 1 atom stereocenters. The van der Waals surface area contributed by atoms with Crippen LogP contribution in [0.3, 0.4) is 0 Å². The molecule has 1 aromatic rings. The normalized spacial score (nSPS) is 20.9. The number of hydrogen-bond acceptors (Lipinski definition) is 4. The lowest BCUT2D eigenvalue weighted by atomic mass is 9.94. The molecule has 0 spiro atoms. The summed E-state index contributed by atoms with van der Waals surface area (Å²) in [5.74, 6) is 1.23. The molecule has 1 aliphatic heterocycles. The summed E-state index contributed by atoms with van der Waals surface area (Å²) in [6.45, 7) is 6.15. The Morgan fingerprint density at radius 1 is 1.32 bits per heavy atom. The highest BCUT2D eigenvalue weighted by Crippen LogP contribution is 2.42. The van der Waals surface area contributed by atoms with Crippen molar-refractivity contribution in [3.63, 3.8) is 0 Å². The van der Waals surface area contributed by atoms with E-state index in [1.807, 2.05) is 38.1 Å². The molecule has 4 nitrogen and oxygen atoms in total. The van der Waals surface area contributed by atoms with Crippen molar-refractivity contribution in [1.29, 1.82) is 0 Å². The van der Waals surface area contributed by atoms with Gasteiger partial charge in [0.25, 0.3) is 0 Å². The fraction of sp³-hybridized carbons (Fsp3) is 0.571. The number of ether oxygens (including phenoxy) is 1. The van der Waals surface area contributed by atoms with E-state index in [1.165, 1.54) is 0 Å². The van der Waals surface area contributed by atoms with Crippen molar-refractivity contribution < 1.29 is 13.2 Å². The highest BCUT2D eigenvalue weighted by Gasteiger charge is 2.40. The van der Waals surface area contributed by atoms with Gasteiger partial charge in [-0.3, -0.25) is 0 Å². The molecule has 1 heterocycles. The molecule has 0 saturated carbocycles. The van der Waals surface area contributed by atoms with Crippen LogP contribution in [-0.4, -0.2) is 32.1 Å². The second-order valence-electron chi connectivity index (χ2n) is 5.37. The van der Waals surface area contributed by atoms with E-state index in [9.17, 15) is 8.42 Å². The van der Waals surface area contributed by atoms with Gasteiger partial charge in [0.2, 0.25) is 0 Å². The van der Waals surface area contributed by atoms with Crippen LogP contribution in [0.1, 0.15) is 32.4 Å². The highest BCUT2D eigenvalue weighted by molar-refractivity contribution is 7.91. The monoisotopic (exact) mass is 283 g/mol. The van der Waals surface area contributed by atoms with Gasteiger partial charge in [-0.2, -0.15) is 0 Å². The maximum atomic E-state index is 11.5. The smallest absolute Gasteiger partial charge is 0.151 e. The van der Waals surface area contributed by atoms with Crippen LogP contribution in [0.25, 0.3) is 0 Å². The van der Waals surface area contributed by atoms with E-state index in [-0.39, 0.29) is 23.1 Å². The van der Waals surface area contributed by atoms with Gasteiger partial charge >= 0.3 is 0 Å². The van der Waals surface area contributed by atoms with Crippen molar-refractivity contribution in [2.75, 3.05) is 18.1 Å². The third-order valence-electron chi connectivity index (χ3n) is 3.50. The summed E-state index contributed by atoms with van der Waals surface area (Å²) in [6.07, 6.45) is 0. The van der Waals surface area contributed by atoms with Crippen LogP contribution in [0, 0.1) is 0 Å². The van der Waals surface area contributed by atoms with Gasteiger partial charge in [-0.05, 0) is 19.9 Å². The molecule has 2 rings (SSSR count). The van der Waals surface area contributed by atoms with Crippen molar-refractivity contribution in [3.05, 3.63) is 29.8 Å². The number of para-hydroxylation sites is 1. The van der Waals surface area contributed by atoms with E-state index in [0.29, 0.717) is 6.54 Å². The summed E-state index contributed by atoms with van der Waals surface area (Å²) in [4.78, 5) is 0. The lowest BCUT2D eigenvalue weighted by molar-refractivity contribution is 0.0974. The Bertz CT molecular complexity index is 552. The Labute approximate surface area is 115 Å². The van der Waals surface area contributed by atoms with Crippen LogP contribution in [0.5, 0.6) is 5.75 Å². The lowest BCUT2D eigenvalue weighted by Gasteiger charge is -2.27. The van der Waals surface area contributed by atoms with E-state index < -0.39 is 9.84 Å². The number of rotatable bonds is 5. The first-order chi connectivity index (χ1) is 8.86. The average molecular weight is 283 g/mol. The summed E-state index contributed by atoms with van der Waals surface area (Å²) in [7, 11) is -2.93. The Morgan fingerprint density at radius 2 is 2.00 bits per heavy atom. The Morgan fingerprint density at radius 3 is 2.68 bits per heavy atom. The first-order valence-electron chi connectivity index (χ1n) is 6.57. The van der Waals surface area contributed by atoms with Crippen molar-refractivity contribution >= 4 is 9.84 Å². The SMILES string of the molecule is CCS(=O)(=O)CCNC1c2ccccc2OC1(C)C. The Hall–Kier alpha value is -1.07. The van der Waals surface area contributed by atoms with Gasteiger partial charge in [0, 0.05) is 17.9 Å². The molecule has 1 N–H and O–H groups in total. The van der Waals surface area contributed by atoms with Gasteiger partial charge in [0.1, 0.15) is 11.4 Å². The first-order valence-corrected chi connectivity index (χ1v) is 8.39. The van der Waals surface area contributed by atoms with Crippen LogP contribution < -0.4 is 10.1 Å². The maximum Gasteiger partial charge on any atom is 0.151 e. The van der Waals surface area contributed by atoms with E-state index in [2.05, 4.69) is 5.32 Å². The number of benzene rings is 1. The molecular weight excluding hydrogens is 262 g/mol. The molecule has 1 aliphatic rings. The summed E-state index contributed by atoms with van der Waals surface area (Å²) >= 11 is 0. The van der Waals surface area contributed by atoms with E-state index in [4.69, 9.17) is 4.74 Å². The average Bonchev–Trinajstić information content (AvgIpc) is 2.60. The molecule has 0 aliphatic carbocycles. The molecule has 19 heavy (non-hydrogen) atoms. The summed E-state index contributed by atoms with van der Waals surface area (Å²) in [5.41, 5.74) is 0.737. The van der Waals surface area contributed by atoms with Crippen LogP contribution in [0.2, 0.25) is 0 Å². The van der Waals surface area contributed by atoms with Crippen molar-refractivity contribution in [2.45, 2.75) is 32.4 Å². The van der Waals surface area contributed by atoms with E-state index >= 15 is 0 Å². The molecule has 0 radical (unpaired) electrons. The fourth-order valence-corrected chi connectivity index (χ4v) is 3.11. The number of nitrogens with one attached hydrogen (secondary N) is 1. The van der Waals surface area contributed by atoms with Gasteiger partial charge in [0.05, 0.1) is 11.8 Å². The van der Waals surface area contributed by atoms with Gasteiger partial charge in [-0.15, -0.1) is 0 Å². The quantitative estimate of drug-likeness (QED) is 0.897. The van der Waals surface area contributed by atoms with E-state index in [0.717, 1.165) is 11.3 Å². The zero-order chi connectivity index (χ0) is 14.1. The second-order valence-corrected chi connectivity index (χ2v) is 7.84. The molecule has 1 unspecified atom stereocenters. The fourth-order valence-electron chi connectivity index (χ4n) is 2.39. The third-order valence-corrected chi connectivity index (χ3v) is 5.21. The molecule has 0 bridgehead atoms. The minimum absolute atomic E-state index is 0.0238. The second kappa shape index (κ2) is 5.13. The molecule has 0 fully saturated rings. The molecule has 0 saturated heterocycles. The minimum Gasteiger partial charge on any atom is -0.486 e. The van der Waals surface area contributed by atoms with Crippen molar-refractivity contribution in [2.24, 2.45) is 0 Å². The highest BCUT2D eigenvalue weighted by atomic mass is 32.2. The standard InChI is InChI=1S/C14H21NO3S/c1-4-19(16,17)10-9-15-13-11-7-5-6-8-12(11)18-14(13,2)3/h5-8,13,15H,4,9-10H2,1-3H3. The Balaban J connectivity index is 2.07. The zero-order valence-electron chi connectivity index (χ0n) is 11.6. The summed E-state index contributed by atoms with van der Waals surface area (Å²) in [6, 6.07) is 7.91. The molecule has 0 aromatic heterocycles. The van der Waals surface area contributed by atoms with Crippen molar-refractivity contribution in [3.8, 4) is 5.75 Å². The third kappa shape index (κ3) is 3.09. The van der Waals surface area contributed by atoms with Gasteiger partial charge in [-0.25, -0.2) is 8.42 Å². The predicted molar refractivity (Wildman–Crippen MR) is 76.2 cm³/mol. The molecule has 0 amide bonds. The Kier molecular flexibility index (Phi) is 3.87. The first kappa shape index (κ1) is 14.3. The number of sulfone groups is 1. The number of fused-ring (bicyclic) bond motifs is 1. The maximum absolute atomic E-state index is 11.5. The van der Waals surface area contributed by atoms with Crippen LogP contribution in [-0.2, 0) is 9.84 Å². The lowest BCUT2D eigenvalue weighted by Crippen LogP contribution is -2.40. The van der Waals surface area contributed by atoms with Crippen LogP contribution in [0.15, 0.2) is 24.3 Å². The topological polar surface area (TPSA) is 55.4 Å². The van der Waals surface area contributed by atoms with Gasteiger partial charge < -0.3 is 10.1 Å². The van der Waals surface area contributed by atoms with Gasteiger partial charge in [0.15, 0.2) is 9.84 Å². The predicted octanol–water partition coefficient (Wildman–Crippen LogP) is 1.92. The minimum atomic E-state index is -2.93. The van der Waals surface area contributed by atoms with Crippen LogP contribution in [0.4, 0.5) is 0 Å². The largest absolute Gasteiger partial charge is 0.486 e. The van der Waals surface area contributed by atoms with Crippen molar-refractivity contribution in [1.82, 2.24) is 5.32 Å². The summed E-state index contributed by atoms with van der Waals surface area (Å²) < 4.78 is 28.9. The zero-order valence-corrected chi connectivity index (χ0v) is 12.5. The van der Waals surface area contributed by atoms with Crippen LogP contribution >= 0.6 is 0 Å². The summed E-state index contributed by atoms with van der Waals surface area (Å²) in [5, 5.41) is 3.31. The van der Waals surface area contributed by atoms with E-state index in [1.54, 1.807) is 6.92 Å². The molecule has 1 aromatic carbocycles. The number of hydrogen-bond donors (Lipinski definition) is 1. The molecule has 5 heteroatoms.